The van der Waals surface area contributed by atoms with E-state index in [0.29, 0.717) is 12.2 Å². The number of pyridine rings is 1. The van der Waals surface area contributed by atoms with Gasteiger partial charge in [0.15, 0.2) is 0 Å². The molecule has 1 amide bonds. The number of halogens is 1. The summed E-state index contributed by atoms with van der Waals surface area (Å²) in [6.45, 7) is 2.54. The Bertz CT molecular complexity index is 720. The first-order valence-electron chi connectivity index (χ1n) is 6.70. The third-order valence-electron chi connectivity index (χ3n) is 2.82. The third-order valence-corrected chi connectivity index (χ3v) is 3.26. The van der Waals surface area contributed by atoms with Crippen LogP contribution in [0.25, 0.3) is 0 Å². The fourth-order valence-corrected chi connectivity index (χ4v) is 2.07. The molecule has 0 saturated heterocycles. The predicted octanol–water partition coefficient (Wildman–Crippen LogP) is 2.96. The first kappa shape index (κ1) is 16.1. The maximum atomic E-state index is 11.8. The van der Waals surface area contributed by atoms with Gasteiger partial charge in [-0.1, -0.05) is 30.0 Å². The number of benzene rings is 1. The summed E-state index contributed by atoms with van der Waals surface area (Å²) in [5.41, 5.74) is 1.56. The number of para-hydroxylation sites is 1. The topological polar surface area (TPSA) is 51.2 Å². The van der Waals surface area contributed by atoms with Gasteiger partial charge in [0.1, 0.15) is 12.4 Å². The van der Waals surface area contributed by atoms with Crippen LogP contribution in [0.3, 0.4) is 0 Å². The third kappa shape index (κ3) is 4.90. The van der Waals surface area contributed by atoms with Gasteiger partial charge in [-0.2, -0.15) is 0 Å². The predicted molar refractivity (Wildman–Crippen MR) is 88.7 cm³/mol. The van der Waals surface area contributed by atoms with Crippen molar-refractivity contribution in [1.82, 2.24) is 10.3 Å². The number of hydrogen-bond acceptors (Lipinski definition) is 3. The lowest BCUT2D eigenvalue weighted by Crippen LogP contribution is -2.23. The molecule has 0 spiro atoms. The lowest BCUT2D eigenvalue weighted by Gasteiger charge is -2.04. The molecule has 22 heavy (non-hydrogen) atoms. The van der Waals surface area contributed by atoms with Crippen LogP contribution in [-0.4, -0.2) is 24.0 Å². The minimum Gasteiger partial charge on any atom is -0.481 e. The number of aromatic nitrogens is 1. The molecule has 0 atom stereocenters. The van der Waals surface area contributed by atoms with Gasteiger partial charge in [-0.25, -0.2) is 0 Å². The van der Waals surface area contributed by atoms with E-state index in [1.807, 2.05) is 31.2 Å². The summed E-state index contributed by atoms with van der Waals surface area (Å²) >= 11 is 3.27. The van der Waals surface area contributed by atoms with Crippen LogP contribution in [0.4, 0.5) is 0 Å². The number of amides is 1. The summed E-state index contributed by atoms with van der Waals surface area (Å²) in [5, 5.41) is 2.71. The van der Waals surface area contributed by atoms with Crippen molar-refractivity contribution in [2.45, 2.75) is 6.92 Å². The number of rotatable bonds is 4. The highest BCUT2D eigenvalue weighted by molar-refractivity contribution is 9.10. The monoisotopic (exact) mass is 358 g/mol. The van der Waals surface area contributed by atoms with Gasteiger partial charge < -0.3 is 10.1 Å². The molecule has 112 valence electrons. The Kier molecular flexibility index (Phi) is 5.99. The number of aryl methyl sites for hydroxylation is 1. The van der Waals surface area contributed by atoms with Gasteiger partial charge in [-0.3, -0.25) is 9.78 Å². The molecule has 2 rings (SSSR count). The second kappa shape index (κ2) is 8.20. The van der Waals surface area contributed by atoms with E-state index in [-0.39, 0.29) is 12.5 Å². The van der Waals surface area contributed by atoms with E-state index < -0.39 is 0 Å². The van der Waals surface area contributed by atoms with Crippen LogP contribution in [0.2, 0.25) is 0 Å². The van der Waals surface area contributed by atoms with Crippen LogP contribution in [0.5, 0.6) is 5.75 Å². The molecule has 0 aliphatic rings. The lowest BCUT2D eigenvalue weighted by molar-refractivity contribution is 0.0958. The van der Waals surface area contributed by atoms with Gasteiger partial charge in [0.05, 0.1) is 12.1 Å². The quantitative estimate of drug-likeness (QED) is 0.854. The second-order valence-corrected chi connectivity index (χ2v) is 5.40. The summed E-state index contributed by atoms with van der Waals surface area (Å²) in [4.78, 5) is 15.8. The molecule has 5 heteroatoms. The van der Waals surface area contributed by atoms with Crippen molar-refractivity contribution in [2.75, 3.05) is 13.2 Å². The number of carbonyl (C=O) groups is 1. The normalized spacial score (nSPS) is 9.55. The minimum absolute atomic E-state index is 0.206. The number of carbonyl (C=O) groups excluding carboxylic acids is 1. The highest BCUT2D eigenvalue weighted by atomic mass is 79.9. The van der Waals surface area contributed by atoms with E-state index in [1.54, 1.807) is 12.3 Å². The Morgan fingerprint density at radius 2 is 2.14 bits per heavy atom. The summed E-state index contributed by atoms with van der Waals surface area (Å²) in [6.07, 6.45) is 3.13. The van der Waals surface area contributed by atoms with Gasteiger partial charge in [0, 0.05) is 16.9 Å². The average Bonchev–Trinajstić information content (AvgIpc) is 2.52. The highest BCUT2D eigenvalue weighted by Gasteiger charge is 2.04. The van der Waals surface area contributed by atoms with E-state index >= 15 is 0 Å². The number of hydrogen-bond donors (Lipinski definition) is 1. The Morgan fingerprint density at radius 3 is 2.91 bits per heavy atom. The largest absolute Gasteiger partial charge is 0.481 e. The Labute approximate surface area is 138 Å². The van der Waals surface area contributed by atoms with Crippen LogP contribution < -0.4 is 10.1 Å². The number of ether oxygens (including phenoxy) is 1. The maximum Gasteiger partial charge on any atom is 0.253 e. The molecular weight excluding hydrogens is 344 g/mol. The summed E-state index contributed by atoms with van der Waals surface area (Å²) in [7, 11) is 0. The summed E-state index contributed by atoms with van der Waals surface area (Å²) in [5.74, 6) is 6.33. The van der Waals surface area contributed by atoms with Gasteiger partial charge >= 0.3 is 0 Å². The molecular formula is C17H15BrN2O2. The van der Waals surface area contributed by atoms with Crippen LogP contribution >= 0.6 is 15.9 Å². The van der Waals surface area contributed by atoms with E-state index in [4.69, 9.17) is 4.74 Å². The van der Waals surface area contributed by atoms with Crippen molar-refractivity contribution in [3.8, 4) is 17.6 Å². The standard InChI is InChI=1S/C17H15BrN2O2/c1-13-6-2-3-7-16(13)22-9-5-4-8-20-17(21)14-10-15(18)12-19-11-14/h2-3,6-7,10-12H,8-9H2,1H3,(H,20,21). The van der Waals surface area contributed by atoms with Gasteiger partial charge in [0.25, 0.3) is 5.91 Å². The van der Waals surface area contributed by atoms with Gasteiger partial charge in [0.2, 0.25) is 0 Å². The van der Waals surface area contributed by atoms with E-state index in [9.17, 15) is 4.79 Å². The fraction of sp³-hybridized carbons (Fsp3) is 0.176. The van der Waals surface area contributed by atoms with Crippen LogP contribution in [0.15, 0.2) is 47.2 Å². The number of nitrogens with zero attached hydrogens (tertiary/aromatic N) is 1. The maximum absolute atomic E-state index is 11.8. The van der Waals surface area contributed by atoms with Crippen LogP contribution in [-0.2, 0) is 0 Å². The molecule has 0 fully saturated rings. The van der Waals surface area contributed by atoms with Crippen molar-refractivity contribution in [3.63, 3.8) is 0 Å². The zero-order valence-corrected chi connectivity index (χ0v) is 13.7. The van der Waals surface area contributed by atoms with Gasteiger partial charge in [-0.05, 0) is 40.5 Å². The molecule has 0 radical (unpaired) electrons. The molecule has 0 aliphatic heterocycles. The molecule has 1 aromatic carbocycles. The van der Waals surface area contributed by atoms with E-state index in [2.05, 4.69) is 38.1 Å². The molecule has 2 aromatic rings. The van der Waals surface area contributed by atoms with Crippen molar-refractivity contribution in [1.29, 1.82) is 0 Å². The average molecular weight is 359 g/mol. The molecule has 1 heterocycles. The van der Waals surface area contributed by atoms with E-state index in [0.717, 1.165) is 15.8 Å². The summed E-state index contributed by atoms with van der Waals surface area (Å²) in [6, 6.07) is 9.47. The molecule has 0 aliphatic carbocycles. The van der Waals surface area contributed by atoms with Crippen molar-refractivity contribution in [2.24, 2.45) is 0 Å². The van der Waals surface area contributed by atoms with Crippen LogP contribution in [0, 0.1) is 18.8 Å². The van der Waals surface area contributed by atoms with E-state index in [1.165, 1.54) is 6.20 Å². The summed E-state index contributed by atoms with van der Waals surface area (Å²) < 4.78 is 6.30. The van der Waals surface area contributed by atoms with Crippen molar-refractivity contribution < 1.29 is 9.53 Å². The van der Waals surface area contributed by atoms with Crippen LogP contribution in [0.1, 0.15) is 15.9 Å². The Morgan fingerprint density at radius 1 is 1.32 bits per heavy atom. The zero-order chi connectivity index (χ0) is 15.8. The molecule has 0 saturated carbocycles. The Hall–Kier alpha value is -2.32. The molecule has 4 nitrogen and oxygen atoms in total. The minimum atomic E-state index is -0.206. The second-order valence-electron chi connectivity index (χ2n) is 4.48. The zero-order valence-electron chi connectivity index (χ0n) is 12.1. The molecule has 0 unspecified atom stereocenters. The first-order valence-corrected chi connectivity index (χ1v) is 7.49. The van der Waals surface area contributed by atoms with Crippen molar-refractivity contribution in [3.05, 3.63) is 58.3 Å². The lowest BCUT2D eigenvalue weighted by atomic mass is 10.2. The Balaban J connectivity index is 1.75. The van der Waals surface area contributed by atoms with Crippen molar-refractivity contribution >= 4 is 21.8 Å². The molecule has 0 bridgehead atoms. The fourth-order valence-electron chi connectivity index (χ4n) is 1.71. The van der Waals surface area contributed by atoms with Gasteiger partial charge in [-0.15, -0.1) is 0 Å². The highest BCUT2D eigenvalue weighted by Crippen LogP contribution is 2.15. The number of nitrogens with one attached hydrogen (secondary N) is 1. The first-order chi connectivity index (χ1) is 10.7. The molecule has 1 N–H and O–H groups in total. The molecule has 1 aromatic heterocycles. The smallest absolute Gasteiger partial charge is 0.253 e. The SMILES string of the molecule is Cc1ccccc1OCC#CCNC(=O)c1cncc(Br)c1.